The lowest BCUT2D eigenvalue weighted by atomic mass is 10.1. The van der Waals surface area contributed by atoms with Crippen molar-refractivity contribution in [2.24, 2.45) is 0 Å². The molecule has 0 aromatic carbocycles. The van der Waals surface area contributed by atoms with Crippen LogP contribution in [0.25, 0.3) is 0 Å². The lowest BCUT2D eigenvalue weighted by Gasteiger charge is -2.27. The van der Waals surface area contributed by atoms with Gasteiger partial charge in [-0.3, -0.25) is 0 Å². The standard InChI is InChI=1S/C14H19ClN2S2/c1-9-12(19-8-7-18-9)14-16-11-6-4-2-3-5-10(11)13(15)17-14/h9,12H,2-8H2,1H3. The summed E-state index contributed by atoms with van der Waals surface area (Å²) in [6.07, 6.45) is 5.87. The van der Waals surface area contributed by atoms with E-state index >= 15 is 0 Å². The summed E-state index contributed by atoms with van der Waals surface area (Å²) in [7, 11) is 0. The molecule has 1 aliphatic heterocycles. The van der Waals surface area contributed by atoms with Crippen molar-refractivity contribution >= 4 is 35.1 Å². The Balaban J connectivity index is 1.94. The van der Waals surface area contributed by atoms with Gasteiger partial charge in [0.15, 0.2) is 0 Å². The van der Waals surface area contributed by atoms with Crippen LogP contribution in [-0.2, 0) is 12.8 Å². The SMILES string of the molecule is CC1SCCSC1c1nc(Cl)c2c(n1)CCCCC2. The van der Waals surface area contributed by atoms with E-state index in [4.69, 9.17) is 16.6 Å². The molecule has 0 bridgehead atoms. The van der Waals surface area contributed by atoms with E-state index in [1.807, 2.05) is 23.5 Å². The van der Waals surface area contributed by atoms with Crippen molar-refractivity contribution in [3.05, 3.63) is 22.2 Å². The highest BCUT2D eigenvalue weighted by Gasteiger charge is 2.28. The van der Waals surface area contributed by atoms with Crippen LogP contribution in [0.1, 0.15) is 48.5 Å². The van der Waals surface area contributed by atoms with Gasteiger partial charge < -0.3 is 0 Å². The zero-order valence-corrected chi connectivity index (χ0v) is 13.6. The molecule has 0 amide bonds. The van der Waals surface area contributed by atoms with Crippen molar-refractivity contribution in [1.82, 2.24) is 9.97 Å². The van der Waals surface area contributed by atoms with E-state index in [1.165, 1.54) is 42.0 Å². The molecule has 1 saturated heterocycles. The van der Waals surface area contributed by atoms with Gasteiger partial charge in [0.2, 0.25) is 0 Å². The summed E-state index contributed by atoms with van der Waals surface area (Å²) in [5.41, 5.74) is 2.43. The molecule has 1 aromatic heterocycles. The summed E-state index contributed by atoms with van der Waals surface area (Å²) in [5, 5.41) is 1.70. The van der Waals surface area contributed by atoms with E-state index in [0.717, 1.165) is 18.7 Å². The number of aromatic nitrogens is 2. The first-order valence-electron chi connectivity index (χ1n) is 7.04. The molecule has 104 valence electrons. The van der Waals surface area contributed by atoms with Gasteiger partial charge >= 0.3 is 0 Å². The van der Waals surface area contributed by atoms with E-state index in [-0.39, 0.29) is 0 Å². The van der Waals surface area contributed by atoms with Gasteiger partial charge in [0, 0.05) is 28.0 Å². The van der Waals surface area contributed by atoms with Crippen LogP contribution in [0.15, 0.2) is 0 Å². The van der Waals surface area contributed by atoms with Gasteiger partial charge in [-0.1, -0.05) is 24.9 Å². The Morgan fingerprint density at radius 1 is 1.05 bits per heavy atom. The fourth-order valence-corrected chi connectivity index (χ4v) is 5.77. The summed E-state index contributed by atoms with van der Waals surface area (Å²) >= 11 is 10.4. The van der Waals surface area contributed by atoms with Crippen molar-refractivity contribution in [2.45, 2.75) is 49.5 Å². The van der Waals surface area contributed by atoms with Gasteiger partial charge in [0.25, 0.3) is 0 Å². The molecule has 0 saturated carbocycles. The molecular formula is C14H19ClN2S2. The monoisotopic (exact) mass is 314 g/mol. The maximum Gasteiger partial charge on any atom is 0.144 e. The Bertz CT molecular complexity index is 467. The van der Waals surface area contributed by atoms with Crippen molar-refractivity contribution in [3.63, 3.8) is 0 Å². The zero-order chi connectivity index (χ0) is 13.2. The number of nitrogens with zero attached hydrogens (tertiary/aromatic N) is 2. The molecule has 2 unspecified atom stereocenters. The summed E-state index contributed by atoms with van der Waals surface area (Å²) in [4.78, 5) is 9.50. The number of aryl methyl sites for hydroxylation is 1. The topological polar surface area (TPSA) is 25.8 Å². The minimum absolute atomic E-state index is 0.407. The lowest BCUT2D eigenvalue weighted by Crippen LogP contribution is -2.19. The maximum atomic E-state index is 6.42. The van der Waals surface area contributed by atoms with E-state index in [1.54, 1.807) is 0 Å². The summed E-state index contributed by atoms with van der Waals surface area (Å²) < 4.78 is 0. The molecule has 2 atom stereocenters. The predicted octanol–water partition coefficient (Wildman–Crippen LogP) is 4.31. The molecule has 2 nitrogen and oxygen atoms in total. The largest absolute Gasteiger partial charge is 0.236 e. The minimum Gasteiger partial charge on any atom is -0.236 e. The first kappa shape index (κ1) is 14.0. The van der Waals surface area contributed by atoms with Crippen LogP contribution in [0.5, 0.6) is 0 Å². The number of hydrogen-bond acceptors (Lipinski definition) is 4. The van der Waals surface area contributed by atoms with Crippen molar-refractivity contribution in [1.29, 1.82) is 0 Å². The first-order valence-corrected chi connectivity index (χ1v) is 9.51. The third-order valence-electron chi connectivity index (χ3n) is 3.84. The van der Waals surface area contributed by atoms with Gasteiger partial charge in [0.05, 0.1) is 5.25 Å². The Hall–Kier alpha value is 0.0700. The van der Waals surface area contributed by atoms with E-state index in [2.05, 4.69) is 11.9 Å². The molecule has 2 heterocycles. The van der Waals surface area contributed by atoms with Gasteiger partial charge in [0.1, 0.15) is 11.0 Å². The number of hydrogen-bond donors (Lipinski definition) is 0. The fourth-order valence-electron chi connectivity index (χ4n) is 2.79. The fraction of sp³-hybridized carbons (Fsp3) is 0.714. The third kappa shape index (κ3) is 3.06. The van der Waals surface area contributed by atoms with Crippen LogP contribution in [0.2, 0.25) is 5.15 Å². The molecule has 5 heteroatoms. The molecule has 0 N–H and O–H groups in total. The molecular weight excluding hydrogens is 296 g/mol. The maximum absolute atomic E-state index is 6.42. The van der Waals surface area contributed by atoms with Crippen LogP contribution < -0.4 is 0 Å². The van der Waals surface area contributed by atoms with E-state index < -0.39 is 0 Å². The second-order valence-corrected chi connectivity index (χ2v) is 8.32. The quantitative estimate of drug-likeness (QED) is 0.570. The van der Waals surface area contributed by atoms with Crippen molar-refractivity contribution in [3.8, 4) is 0 Å². The molecule has 19 heavy (non-hydrogen) atoms. The molecule has 0 radical (unpaired) electrons. The smallest absolute Gasteiger partial charge is 0.144 e. The van der Waals surface area contributed by atoms with Gasteiger partial charge in [-0.15, -0.1) is 11.8 Å². The van der Waals surface area contributed by atoms with Crippen LogP contribution >= 0.6 is 35.1 Å². The Morgan fingerprint density at radius 3 is 2.68 bits per heavy atom. The lowest BCUT2D eigenvalue weighted by molar-refractivity contribution is 0.707. The highest BCUT2D eigenvalue weighted by molar-refractivity contribution is 8.06. The van der Waals surface area contributed by atoms with Gasteiger partial charge in [-0.05, 0) is 25.7 Å². The van der Waals surface area contributed by atoms with Crippen molar-refractivity contribution < 1.29 is 0 Å². The number of rotatable bonds is 1. The van der Waals surface area contributed by atoms with Crippen LogP contribution in [0, 0.1) is 0 Å². The summed E-state index contributed by atoms with van der Waals surface area (Å²) in [6.45, 7) is 2.28. The number of fused-ring (bicyclic) bond motifs is 1. The third-order valence-corrected chi connectivity index (χ3v) is 7.24. The molecule has 2 aliphatic rings. The number of halogens is 1. The predicted molar refractivity (Wildman–Crippen MR) is 85.4 cm³/mol. The first-order chi connectivity index (χ1) is 9.25. The molecule has 0 spiro atoms. The van der Waals surface area contributed by atoms with Crippen LogP contribution in [0.3, 0.4) is 0 Å². The van der Waals surface area contributed by atoms with Crippen LogP contribution in [-0.4, -0.2) is 26.7 Å². The second kappa shape index (κ2) is 6.23. The average molecular weight is 315 g/mol. The van der Waals surface area contributed by atoms with Crippen molar-refractivity contribution in [2.75, 3.05) is 11.5 Å². The van der Waals surface area contributed by atoms with Crippen LogP contribution in [0.4, 0.5) is 0 Å². The highest BCUT2D eigenvalue weighted by atomic mass is 35.5. The highest BCUT2D eigenvalue weighted by Crippen LogP contribution is 2.41. The molecule has 1 aromatic rings. The second-order valence-electron chi connectivity index (χ2n) is 5.23. The zero-order valence-electron chi connectivity index (χ0n) is 11.2. The molecule has 1 fully saturated rings. The van der Waals surface area contributed by atoms with E-state index in [9.17, 15) is 0 Å². The normalized spacial score (nSPS) is 27.7. The Kier molecular flexibility index (Phi) is 4.60. The summed E-state index contributed by atoms with van der Waals surface area (Å²) in [5.74, 6) is 3.40. The van der Waals surface area contributed by atoms with Gasteiger partial charge in [-0.25, -0.2) is 9.97 Å². The molecule has 3 rings (SSSR count). The molecule has 1 aliphatic carbocycles. The minimum atomic E-state index is 0.407. The van der Waals surface area contributed by atoms with Gasteiger partial charge in [-0.2, -0.15) is 11.8 Å². The Labute approximate surface area is 128 Å². The number of thioether (sulfide) groups is 2. The van der Waals surface area contributed by atoms with E-state index in [0.29, 0.717) is 15.7 Å². The Morgan fingerprint density at radius 2 is 1.84 bits per heavy atom. The summed E-state index contributed by atoms with van der Waals surface area (Å²) in [6, 6.07) is 0. The average Bonchev–Trinajstić information content (AvgIpc) is 2.65.